The normalized spacial score (nSPS) is 10.9. The van der Waals surface area contributed by atoms with E-state index >= 15 is 0 Å². The fourth-order valence-corrected chi connectivity index (χ4v) is 3.45. The molecule has 0 fully saturated rings. The molecule has 1 aromatic carbocycles. The summed E-state index contributed by atoms with van der Waals surface area (Å²) in [6.07, 6.45) is 0. The van der Waals surface area contributed by atoms with Gasteiger partial charge in [0, 0.05) is 11.5 Å². The maximum Gasteiger partial charge on any atom is 0.216 e. The Hall–Kier alpha value is -2.20. The van der Waals surface area contributed by atoms with Crippen molar-refractivity contribution in [1.82, 2.24) is 30.4 Å². The van der Waals surface area contributed by atoms with Gasteiger partial charge in [-0.2, -0.15) is 9.97 Å². The summed E-state index contributed by atoms with van der Waals surface area (Å²) in [5, 5.41) is 14.6. The van der Waals surface area contributed by atoms with Crippen LogP contribution in [-0.2, 0) is 11.5 Å². The van der Waals surface area contributed by atoms with Crippen LogP contribution in [0.2, 0.25) is 0 Å². The quantitative estimate of drug-likeness (QED) is 0.500. The van der Waals surface area contributed by atoms with Crippen molar-refractivity contribution in [1.29, 1.82) is 0 Å². The molecule has 3 rings (SSSR count). The summed E-state index contributed by atoms with van der Waals surface area (Å²) in [5.41, 5.74) is 13.5. The number of aromatic nitrogens is 6. The predicted octanol–water partition coefficient (Wildman–Crippen LogP) is 1.67. The summed E-state index contributed by atoms with van der Waals surface area (Å²) in [6, 6.07) is 8.21. The van der Waals surface area contributed by atoms with Crippen LogP contribution >= 0.6 is 23.5 Å². The lowest BCUT2D eigenvalue weighted by atomic mass is 10.1. The van der Waals surface area contributed by atoms with Gasteiger partial charge in [0.25, 0.3) is 0 Å². The Morgan fingerprint density at radius 3 is 1.64 bits per heavy atom. The van der Waals surface area contributed by atoms with Gasteiger partial charge in [-0.3, -0.25) is 0 Å². The summed E-state index contributed by atoms with van der Waals surface area (Å²) >= 11 is 3.07. The minimum Gasteiger partial charge on any atom is -0.368 e. The number of nitrogens with one attached hydrogen (secondary N) is 2. The molecule has 0 aliphatic carbocycles. The predicted molar refractivity (Wildman–Crippen MR) is 87.2 cm³/mol. The van der Waals surface area contributed by atoms with Crippen LogP contribution in [0.15, 0.2) is 34.6 Å². The Kier molecular flexibility index (Phi) is 4.49. The van der Waals surface area contributed by atoms with E-state index in [0.29, 0.717) is 22.2 Å². The topological polar surface area (TPSA) is 135 Å². The van der Waals surface area contributed by atoms with E-state index in [2.05, 4.69) is 42.5 Å². The third-order valence-electron chi connectivity index (χ3n) is 2.80. The summed E-state index contributed by atoms with van der Waals surface area (Å²) in [5.74, 6) is 2.19. The Morgan fingerprint density at radius 1 is 0.818 bits per heavy atom. The molecular formula is C12H14N8S2. The summed E-state index contributed by atoms with van der Waals surface area (Å²) < 4.78 is 0. The number of anilines is 2. The number of nitrogen functional groups attached to an aromatic ring is 2. The number of thioether (sulfide) groups is 2. The zero-order valence-corrected chi connectivity index (χ0v) is 13.1. The molecule has 0 bridgehead atoms. The van der Waals surface area contributed by atoms with Gasteiger partial charge in [0.15, 0.2) is 0 Å². The Labute approximate surface area is 134 Å². The first-order valence-corrected chi connectivity index (χ1v) is 8.36. The van der Waals surface area contributed by atoms with Gasteiger partial charge in [-0.05, 0) is 11.1 Å². The molecule has 0 saturated heterocycles. The van der Waals surface area contributed by atoms with Crippen molar-refractivity contribution in [2.24, 2.45) is 0 Å². The Balaban J connectivity index is 1.64. The van der Waals surface area contributed by atoms with Gasteiger partial charge in [-0.25, -0.2) is 10.2 Å². The lowest BCUT2D eigenvalue weighted by Gasteiger charge is -2.06. The van der Waals surface area contributed by atoms with E-state index in [0.717, 1.165) is 11.5 Å². The smallest absolute Gasteiger partial charge is 0.216 e. The number of nitrogens with two attached hydrogens (primary N) is 2. The highest BCUT2D eigenvalue weighted by molar-refractivity contribution is 7.98. The lowest BCUT2D eigenvalue weighted by molar-refractivity contribution is 0.971. The fourth-order valence-electron chi connectivity index (χ4n) is 1.77. The number of hydrogen-bond donors (Lipinski definition) is 4. The number of H-pyrrole nitrogens is 2. The van der Waals surface area contributed by atoms with Crippen molar-refractivity contribution in [3.05, 3.63) is 35.4 Å². The Morgan fingerprint density at radius 2 is 1.27 bits per heavy atom. The first-order chi connectivity index (χ1) is 10.7. The first kappa shape index (κ1) is 14.7. The van der Waals surface area contributed by atoms with Crippen LogP contribution in [-0.4, -0.2) is 30.4 Å². The van der Waals surface area contributed by atoms with Crippen molar-refractivity contribution in [2.75, 3.05) is 11.5 Å². The second-order valence-corrected chi connectivity index (χ2v) is 6.24. The van der Waals surface area contributed by atoms with Crippen LogP contribution < -0.4 is 11.5 Å². The number of nitrogens with zero attached hydrogens (tertiary/aromatic N) is 4. The van der Waals surface area contributed by atoms with Crippen LogP contribution in [0.25, 0.3) is 0 Å². The minimum absolute atomic E-state index is 0.327. The molecule has 8 nitrogen and oxygen atoms in total. The number of aromatic amines is 2. The third-order valence-corrected chi connectivity index (χ3v) is 4.59. The molecule has 10 heteroatoms. The van der Waals surface area contributed by atoms with E-state index < -0.39 is 0 Å². The first-order valence-electron chi connectivity index (χ1n) is 6.39. The molecule has 2 heterocycles. The zero-order chi connectivity index (χ0) is 15.4. The molecule has 0 saturated carbocycles. The van der Waals surface area contributed by atoms with E-state index in [1.54, 1.807) is 0 Å². The van der Waals surface area contributed by atoms with E-state index in [-0.39, 0.29) is 0 Å². The number of rotatable bonds is 6. The fraction of sp³-hybridized carbons (Fsp3) is 0.167. The van der Waals surface area contributed by atoms with Crippen molar-refractivity contribution in [3.8, 4) is 0 Å². The molecule has 0 atom stereocenters. The standard InChI is InChI=1S/C12H14N8S2/c13-9-15-11(19-17-9)21-5-7-3-1-2-4-8(7)6-22-12-16-10(14)18-20-12/h1-4H,5-6H2,(H3,13,15,17,19)(H3,14,16,18,20). The summed E-state index contributed by atoms with van der Waals surface area (Å²) in [6.45, 7) is 0. The number of hydrogen-bond acceptors (Lipinski definition) is 8. The van der Waals surface area contributed by atoms with Gasteiger partial charge in [-0.1, -0.05) is 47.8 Å². The van der Waals surface area contributed by atoms with Crippen molar-refractivity contribution < 1.29 is 0 Å². The highest BCUT2D eigenvalue weighted by Gasteiger charge is 2.08. The van der Waals surface area contributed by atoms with Gasteiger partial charge < -0.3 is 11.5 Å². The van der Waals surface area contributed by atoms with Gasteiger partial charge in [-0.15, -0.1) is 10.2 Å². The van der Waals surface area contributed by atoms with Crippen molar-refractivity contribution in [2.45, 2.75) is 21.8 Å². The molecule has 0 spiro atoms. The SMILES string of the molecule is Nc1nc(SCc2ccccc2CSc2n[nH]c(N)n2)n[nH]1. The zero-order valence-electron chi connectivity index (χ0n) is 11.5. The van der Waals surface area contributed by atoms with Gasteiger partial charge in [0.2, 0.25) is 22.2 Å². The molecule has 6 N–H and O–H groups in total. The summed E-state index contributed by atoms with van der Waals surface area (Å²) in [4.78, 5) is 8.17. The van der Waals surface area contributed by atoms with Crippen LogP contribution in [0.4, 0.5) is 11.9 Å². The van der Waals surface area contributed by atoms with Crippen LogP contribution in [0, 0.1) is 0 Å². The molecule has 0 amide bonds. The molecule has 0 unspecified atom stereocenters. The second kappa shape index (κ2) is 6.71. The maximum atomic E-state index is 5.52. The van der Waals surface area contributed by atoms with Crippen molar-refractivity contribution >= 4 is 35.4 Å². The van der Waals surface area contributed by atoms with E-state index in [1.807, 2.05) is 12.1 Å². The second-order valence-electron chi connectivity index (χ2n) is 4.35. The van der Waals surface area contributed by atoms with Crippen molar-refractivity contribution in [3.63, 3.8) is 0 Å². The molecule has 0 aliphatic heterocycles. The molecule has 2 aromatic heterocycles. The highest BCUT2D eigenvalue weighted by Crippen LogP contribution is 2.26. The van der Waals surface area contributed by atoms with E-state index in [1.165, 1.54) is 34.7 Å². The van der Waals surface area contributed by atoms with E-state index in [4.69, 9.17) is 11.5 Å². The Bertz CT molecular complexity index is 690. The molecular weight excluding hydrogens is 320 g/mol. The van der Waals surface area contributed by atoms with Crippen LogP contribution in [0.5, 0.6) is 0 Å². The molecule has 3 aromatic rings. The van der Waals surface area contributed by atoms with Gasteiger partial charge in [0.05, 0.1) is 0 Å². The molecule has 0 radical (unpaired) electrons. The largest absolute Gasteiger partial charge is 0.368 e. The van der Waals surface area contributed by atoms with Crippen LogP contribution in [0.3, 0.4) is 0 Å². The summed E-state index contributed by atoms with van der Waals surface area (Å²) in [7, 11) is 0. The molecule has 0 aliphatic rings. The number of benzene rings is 1. The van der Waals surface area contributed by atoms with E-state index in [9.17, 15) is 0 Å². The van der Waals surface area contributed by atoms with Gasteiger partial charge in [0.1, 0.15) is 0 Å². The van der Waals surface area contributed by atoms with Gasteiger partial charge >= 0.3 is 0 Å². The lowest BCUT2D eigenvalue weighted by Crippen LogP contribution is -1.91. The average Bonchev–Trinajstić information content (AvgIpc) is 3.12. The maximum absolute atomic E-state index is 5.52. The third kappa shape index (κ3) is 3.71. The monoisotopic (exact) mass is 334 g/mol. The highest BCUT2D eigenvalue weighted by atomic mass is 32.2. The average molecular weight is 334 g/mol. The van der Waals surface area contributed by atoms with Crippen LogP contribution in [0.1, 0.15) is 11.1 Å². The minimum atomic E-state index is 0.327. The molecule has 22 heavy (non-hydrogen) atoms. The molecule has 114 valence electrons.